The fourth-order valence-corrected chi connectivity index (χ4v) is 3.84. The summed E-state index contributed by atoms with van der Waals surface area (Å²) in [6.07, 6.45) is 0. The number of ether oxygens (including phenoxy) is 1. The van der Waals surface area contributed by atoms with E-state index in [4.69, 9.17) is 16.3 Å². The molecule has 0 bridgehead atoms. The van der Waals surface area contributed by atoms with Crippen LogP contribution in [0.2, 0.25) is 5.02 Å². The molecule has 0 unspecified atom stereocenters. The number of carbonyl (C=O) groups excluding carboxylic acids is 2. The molecule has 0 aliphatic heterocycles. The van der Waals surface area contributed by atoms with Gasteiger partial charge < -0.3 is 15.4 Å². The molecule has 0 aliphatic rings. The van der Waals surface area contributed by atoms with Gasteiger partial charge in [0, 0.05) is 21.8 Å². The second-order valence-electron chi connectivity index (χ2n) is 7.65. The largest absolute Gasteiger partial charge is 0.495 e. The van der Waals surface area contributed by atoms with Crippen molar-refractivity contribution in [2.75, 3.05) is 17.7 Å². The van der Waals surface area contributed by atoms with Crippen LogP contribution < -0.4 is 15.4 Å². The van der Waals surface area contributed by atoms with Crippen LogP contribution in [0.4, 0.5) is 15.8 Å². The molecule has 4 rings (SSSR count). The van der Waals surface area contributed by atoms with Gasteiger partial charge in [-0.15, -0.1) is 0 Å². The van der Waals surface area contributed by atoms with Crippen LogP contribution in [0, 0.1) is 17.1 Å². The van der Waals surface area contributed by atoms with E-state index in [0.29, 0.717) is 33.7 Å². The summed E-state index contributed by atoms with van der Waals surface area (Å²) in [5, 5.41) is 15.1. The number of rotatable bonds is 6. The van der Waals surface area contributed by atoms with Crippen LogP contribution >= 0.6 is 11.6 Å². The normalized spacial score (nSPS) is 10.3. The fraction of sp³-hybridized carbons (Fsp3) is 0.0357. The van der Waals surface area contributed by atoms with E-state index in [1.54, 1.807) is 60.7 Å². The minimum absolute atomic E-state index is 0.170. The third-order valence-electron chi connectivity index (χ3n) is 5.39. The highest BCUT2D eigenvalue weighted by Crippen LogP contribution is 2.31. The average Bonchev–Trinajstić information content (AvgIpc) is 2.88. The molecule has 4 aromatic carbocycles. The van der Waals surface area contributed by atoms with Gasteiger partial charge >= 0.3 is 0 Å². The average molecular weight is 500 g/mol. The first-order valence-corrected chi connectivity index (χ1v) is 11.1. The first-order chi connectivity index (χ1) is 17.4. The molecular weight excluding hydrogens is 481 g/mol. The third-order valence-corrected chi connectivity index (χ3v) is 5.63. The molecule has 0 saturated heterocycles. The van der Waals surface area contributed by atoms with Crippen LogP contribution in [0.1, 0.15) is 26.3 Å². The van der Waals surface area contributed by atoms with Crippen LogP contribution in [0.3, 0.4) is 0 Å². The van der Waals surface area contributed by atoms with Crippen LogP contribution in [0.15, 0.2) is 84.9 Å². The van der Waals surface area contributed by atoms with E-state index >= 15 is 0 Å². The van der Waals surface area contributed by atoms with Gasteiger partial charge in [-0.05, 0) is 54.1 Å². The van der Waals surface area contributed by atoms with Crippen molar-refractivity contribution in [2.24, 2.45) is 0 Å². The number of hydrogen-bond donors (Lipinski definition) is 2. The number of nitrogens with zero attached hydrogens (tertiary/aromatic N) is 1. The molecule has 36 heavy (non-hydrogen) atoms. The highest BCUT2D eigenvalue weighted by atomic mass is 35.5. The van der Waals surface area contributed by atoms with Crippen molar-refractivity contribution in [2.45, 2.75) is 0 Å². The number of anilines is 2. The van der Waals surface area contributed by atoms with Gasteiger partial charge in [-0.3, -0.25) is 9.59 Å². The first-order valence-electron chi connectivity index (χ1n) is 10.8. The number of hydrogen-bond acceptors (Lipinski definition) is 4. The number of benzene rings is 4. The van der Waals surface area contributed by atoms with E-state index in [1.807, 2.05) is 0 Å². The van der Waals surface area contributed by atoms with E-state index in [2.05, 4.69) is 16.7 Å². The molecular formula is C28H19ClFN3O3. The number of carbonyl (C=O) groups is 2. The third kappa shape index (κ3) is 5.19. The smallest absolute Gasteiger partial charge is 0.258 e. The number of halogens is 2. The van der Waals surface area contributed by atoms with Gasteiger partial charge in [0.25, 0.3) is 11.8 Å². The summed E-state index contributed by atoms with van der Waals surface area (Å²) in [5.74, 6) is -1.56. The lowest BCUT2D eigenvalue weighted by Gasteiger charge is -2.14. The predicted octanol–water partition coefficient (Wildman–Crippen LogP) is 6.53. The van der Waals surface area contributed by atoms with Crippen LogP contribution in [-0.2, 0) is 0 Å². The number of nitrogens with one attached hydrogen (secondary N) is 2. The van der Waals surface area contributed by atoms with Gasteiger partial charge in [-0.25, -0.2) is 4.39 Å². The first kappa shape index (κ1) is 24.5. The molecule has 2 N–H and O–H groups in total. The number of amides is 2. The topological polar surface area (TPSA) is 91.2 Å². The maximum absolute atomic E-state index is 14.2. The standard InChI is InChI=1S/C28H19ClFN3O3/c1-36-26-13-11-19(15-25(26)33-28(35)23-12-10-18(29)14-24(23)30)32-27(34)22-9-5-4-8-21(22)20-7-3-2-6-17(20)16-31/h2-15H,1H3,(H,32,34)(H,33,35). The second-order valence-corrected chi connectivity index (χ2v) is 8.09. The van der Waals surface area contributed by atoms with E-state index in [9.17, 15) is 19.2 Å². The van der Waals surface area contributed by atoms with Gasteiger partial charge in [0.15, 0.2) is 0 Å². The summed E-state index contributed by atoms with van der Waals surface area (Å²) in [7, 11) is 1.43. The zero-order chi connectivity index (χ0) is 25.7. The van der Waals surface area contributed by atoms with Gasteiger partial charge in [-0.2, -0.15) is 5.26 Å². The summed E-state index contributed by atoms with van der Waals surface area (Å²) in [6, 6.07) is 24.5. The van der Waals surface area contributed by atoms with Crippen molar-refractivity contribution in [3.8, 4) is 22.9 Å². The van der Waals surface area contributed by atoms with Crippen LogP contribution in [0.5, 0.6) is 5.75 Å². The van der Waals surface area contributed by atoms with E-state index in [-0.39, 0.29) is 16.3 Å². The van der Waals surface area contributed by atoms with Gasteiger partial charge in [-0.1, -0.05) is 48.0 Å². The molecule has 0 spiro atoms. The van der Waals surface area contributed by atoms with Crippen LogP contribution in [0.25, 0.3) is 11.1 Å². The molecule has 0 fully saturated rings. The minimum Gasteiger partial charge on any atom is -0.495 e. The van der Waals surface area contributed by atoms with Crippen molar-refractivity contribution in [3.63, 3.8) is 0 Å². The Hall–Kier alpha value is -4.67. The summed E-state index contributed by atoms with van der Waals surface area (Å²) in [5.41, 5.74) is 2.46. The van der Waals surface area contributed by atoms with Crippen molar-refractivity contribution in [1.29, 1.82) is 5.26 Å². The quantitative estimate of drug-likeness (QED) is 0.315. The lowest BCUT2D eigenvalue weighted by molar-refractivity contribution is 0.101. The maximum atomic E-state index is 14.2. The monoisotopic (exact) mass is 499 g/mol. The molecule has 0 atom stereocenters. The molecule has 0 saturated carbocycles. The number of nitriles is 1. The molecule has 2 amide bonds. The molecule has 0 heterocycles. The molecule has 0 aliphatic carbocycles. The SMILES string of the molecule is COc1ccc(NC(=O)c2ccccc2-c2ccccc2C#N)cc1NC(=O)c1ccc(Cl)cc1F. The Morgan fingerprint density at radius 3 is 2.28 bits per heavy atom. The van der Waals surface area contributed by atoms with Crippen molar-refractivity contribution in [3.05, 3.63) is 112 Å². The Balaban J connectivity index is 1.62. The molecule has 4 aromatic rings. The Kier molecular flexibility index (Phi) is 7.28. The zero-order valence-corrected chi connectivity index (χ0v) is 19.8. The maximum Gasteiger partial charge on any atom is 0.258 e. The van der Waals surface area contributed by atoms with E-state index < -0.39 is 17.6 Å². The lowest BCUT2D eigenvalue weighted by atomic mass is 9.95. The highest BCUT2D eigenvalue weighted by molar-refractivity contribution is 6.30. The molecule has 0 radical (unpaired) electrons. The van der Waals surface area contributed by atoms with Crippen molar-refractivity contribution >= 4 is 34.8 Å². The highest BCUT2D eigenvalue weighted by Gasteiger charge is 2.18. The fourth-order valence-electron chi connectivity index (χ4n) is 3.68. The Morgan fingerprint density at radius 2 is 1.56 bits per heavy atom. The summed E-state index contributed by atoms with van der Waals surface area (Å²) in [4.78, 5) is 25.9. The second kappa shape index (κ2) is 10.7. The molecule has 6 nitrogen and oxygen atoms in total. The molecule has 8 heteroatoms. The Bertz CT molecular complexity index is 1510. The Morgan fingerprint density at radius 1 is 0.861 bits per heavy atom. The van der Waals surface area contributed by atoms with Gasteiger partial charge in [0.1, 0.15) is 11.6 Å². The summed E-state index contributed by atoms with van der Waals surface area (Å²) < 4.78 is 19.5. The molecule has 0 aromatic heterocycles. The Labute approximate surface area is 211 Å². The summed E-state index contributed by atoms with van der Waals surface area (Å²) >= 11 is 5.77. The lowest BCUT2D eigenvalue weighted by Crippen LogP contribution is -2.16. The minimum atomic E-state index is -0.766. The van der Waals surface area contributed by atoms with E-state index in [0.717, 1.165) is 6.07 Å². The van der Waals surface area contributed by atoms with Gasteiger partial charge in [0.2, 0.25) is 0 Å². The zero-order valence-electron chi connectivity index (χ0n) is 19.0. The van der Waals surface area contributed by atoms with Crippen molar-refractivity contribution < 1.29 is 18.7 Å². The predicted molar refractivity (Wildman–Crippen MR) is 137 cm³/mol. The molecule has 178 valence electrons. The van der Waals surface area contributed by atoms with E-state index in [1.165, 1.54) is 25.3 Å². The number of methoxy groups -OCH3 is 1. The van der Waals surface area contributed by atoms with Crippen molar-refractivity contribution in [1.82, 2.24) is 0 Å². The van der Waals surface area contributed by atoms with Crippen LogP contribution in [-0.4, -0.2) is 18.9 Å². The summed E-state index contributed by atoms with van der Waals surface area (Å²) in [6.45, 7) is 0. The van der Waals surface area contributed by atoms with Gasteiger partial charge in [0.05, 0.1) is 30.0 Å².